The number of nitrogens with two attached hydrogens (primary N) is 1. The molecular formula is C19H23NO6. The molecule has 3 atom stereocenters. The van der Waals surface area contributed by atoms with Crippen LogP contribution in [-0.2, 0) is 19.1 Å². The lowest BCUT2D eigenvalue weighted by Crippen LogP contribution is -2.43. The number of ether oxygens (including phenoxy) is 4. The molecule has 1 heterocycles. The Balaban J connectivity index is 1.66. The van der Waals surface area contributed by atoms with Crippen molar-refractivity contribution in [3.8, 4) is 11.5 Å². The predicted octanol–water partition coefficient (Wildman–Crippen LogP) is 1.94. The molecule has 2 aliphatic rings. The number of benzene rings is 1. The minimum Gasteiger partial charge on any atom is -0.493 e. The van der Waals surface area contributed by atoms with Gasteiger partial charge in [-0.3, -0.25) is 9.59 Å². The third-order valence-corrected chi connectivity index (χ3v) is 4.50. The molecular weight excluding hydrogens is 338 g/mol. The van der Waals surface area contributed by atoms with Gasteiger partial charge in [-0.1, -0.05) is 12.1 Å². The summed E-state index contributed by atoms with van der Waals surface area (Å²) in [6.45, 7) is 2.27. The Labute approximate surface area is 152 Å². The number of Topliss-reactive ketones (excluding diaryl/α,β-unsaturated/α-hetero) is 1. The van der Waals surface area contributed by atoms with Gasteiger partial charge in [-0.2, -0.15) is 0 Å². The molecule has 0 radical (unpaired) electrons. The quantitative estimate of drug-likeness (QED) is 0.797. The average Bonchev–Trinajstić information content (AvgIpc) is 2.64. The molecule has 2 N–H and O–H groups in total. The van der Waals surface area contributed by atoms with Gasteiger partial charge in [-0.25, -0.2) is 0 Å². The van der Waals surface area contributed by atoms with E-state index >= 15 is 0 Å². The smallest absolute Gasteiger partial charge is 0.243 e. The summed E-state index contributed by atoms with van der Waals surface area (Å²) in [6, 6.07) is 7.20. The maximum absolute atomic E-state index is 12.8. The van der Waals surface area contributed by atoms with Crippen LogP contribution in [0.2, 0.25) is 0 Å². The summed E-state index contributed by atoms with van der Waals surface area (Å²) in [5, 5.41) is 0. The number of hydrogen-bond acceptors (Lipinski definition) is 6. The monoisotopic (exact) mass is 361 g/mol. The van der Waals surface area contributed by atoms with Crippen LogP contribution in [0.1, 0.15) is 26.2 Å². The van der Waals surface area contributed by atoms with E-state index < -0.39 is 5.91 Å². The van der Waals surface area contributed by atoms with E-state index in [1.165, 1.54) is 6.26 Å². The zero-order valence-corrected chi connectivity index (χ0v) is 14.7. The normalized spacial score (nSPS) is 24.9. The van der Waals surface area contributed by atoms with E-state index in [1.807, 2.05) is 19.1 Å². The van der Waals surface area contributed by atoms with Crippen LogP contribution < -0.4 is 15.2 Å². The van der Waals surface area contributed by atoms with Crippen LogP contribution in [0.5, 0.6) is 11.5 Å². The molecule has 1 aliphatic carbocycles. The lowest BCUT2D eigenvalue weighted by atomic mass is 9.80. The molecule has 7 nitrogen and oxygen atoms in total. The lowest BCUT2D eigenvalue weighted by molar-refractivity contribution is -0.137. The summed E-state index contributed by atoms with van der Waals surface area (Å²) in [6.07, 6.45) is 2.79. The molecule has 0 bridgehead atoms. The first kappa shape index (κ1) is 18.3. The fraction of sp³-hybridized carbons (Fsp3) is 0.474. The molecule has 3 unspecified atom stereocenters. The Bertz CT molecular complexity index is 701. The van der Waals surface area contributed by atoms with E-state index in [4.69, 9.17) is 24.7 Å². The second-order valence-corrected chi connectivity index (χ2v) is 6.32. The van der Waals surface area contributed by atoms with Crippen LogP contribution in [0, 0.1) is 5.92 Å². The molecule has 1 aromatic rings. The third-order valence-electron chi connectivity index (χ3n) is 4.50. The fourth-order valence-electron chi connectivity index (χ4n) is 3.29. The number of rotatable bonds is 7. The average molecular weight is 361 g/mol. The molecule has 26 heavy (non-hydrogen) atoms. The summed E-state index contributed by atoms with van der Waals surface area (Å²) in [5.41, 5.74) is 5.10. The number of allylic oxidation sites excluding steroid dienone is 1. The lowest BCUT2D eigenvalue weighted by Gasteiger charge is -2.37. The Morgan fingerprint density at radius 2 is 2.04 bits per heavy atom. The Kier molecular flexibility index (Phi) is 5.78. The largest absolute Gasteiger partial charge is 0.493 e. The van der Waals surface area contributed by atoms with E-state index in [2.05, 4.69) is 0 Å². The third kappa shape index (κ3) is 4.16. The SMILES string of the molecule is CCOc1ccccc1OC1=COC2CC(OCC(N)=O)CCC2C1=O. The molecule has 1 aliphatic heterocycles. The van der Waals surface area contributed by atoms with Gasteiger partial charge < -0.3 is 24.7 Å². The second kappa shape index (κ2) is 8.23. The maximum Gasteiger partial charge on any atom is 0.243 e. The highest BCUT2D eigenvalue weighted by molar-refractivity contribution is 5.96. The molecule has 0 spiro atoms. The minimum absolute atomic E-state index is 0.0825. The van der Waals surface area contributed by atoms with Gasteiger partial charge in [0.05, 0.1) is 18.6 Å². The molecule has 1 aromatic carbocycles. The van der Waals surface area contributed by atoms with Gasteiger partial charge in [0.2, 0.25) is 17.4 Å². The van der Waals surface area contributed by atoms with Gasteiger partial charge in [0.25, 0.3) is 0 Å². The van der Waals surface area contributed by atoms with E-state index in [9.17, 15) is 9.59 Å². The van der Waals surface area contributed by atoms with Crippen molar-refractivity contribution in [1.29, 1.82) is 0 Å². The molecule has 0 saturated heterocycles. The summed E-state index contributed by atoms with van der Waals surface area (Å²) in [7, 11) is 0. The molecule has 1 amide bonds. The van der Waals surface area contributed by atoms with Gasteiger partial charge in [-0.05, 0) is 31.9 Å². The van der Waals surface area contributed by atoms with Crippen molar-refractivity contribution in [3.05, 3.63) is 36.3 Å². The van der Waals surface area contributed by atoms with Gasteiger partial charge in [0.1, 0.15) is 19.0 Å². The van der Waals surface area contributed by atoms with Crippen LogP contribution >= 0.6 is 0 Å². The molecule has 140 valence electrons. The van der Waals surface area contributed by atoms with Crippen molar-refractivity contribution in [2.75, 3.05) is 13.2 Å². The van der Waals surface area contributed by atoms with E-state index in [-0.39, 0.29) is 36.3 Å². The number of para-hydroxylation sites is 2. The highest BCUT2D eigenvalue weighted by atomic mass is 16.5. The molecule has 0 aromatic heterocycles. The first-order valence-corrected chi connectivity index (χ1v) is 8.78. The van der Waals surface area contributed by atoms with Crippen molar-refractivity contribution >= 4 is 11.7 Å². The number of hydrogen-bond donors (Lipinski definition) is 1. The Morgan fingerprint density at radius 3 is 2.77 bits per heavy atom. The summed E-state index contributed by atoms with van der Waals surface area (Å²) in [5.74, 6) is 0.374. The number of ketones is 1. The summed E-state index contributed by atoms with van der Waals surface area (Å²) >= 11 is 0. The van der Waals surface area contributed by atoms with Crippen molar-refractivity contribution < 1.29 is 28.5 Å². The van der Waals surface area contributed by atoms with Gasteiger partial charge >= 0.3 is 0 Å². The molecule has 7 heteroatoms. The van der Waals surface area contributed by atoms with Crippen molar-refractivity contribution in [2.45, 2.75) is 38.4 Å². The van der Waals surface area contributed by atoms with Crippen LogP contribution in [-0.4, -0.2) is 37.1 Å². The Hall–Kier alpha value is -2.54. The van der Waals surface area contributed by atoms with Crippen molar-refractivity contribution in [2.24, 2.45) is 11.7 Å². The van der Waals surface area contributed by atoms with E-state index in [0.29, 0.717) is 37.4 Å². The first-order valence-electron chi connectivity index (χ1n) is 8.78. The minimum atomic E-state index is -0.503. The summed E-state index contributed by atoms with van der Waals surface area (Å²) < 4.78 is 22.5. The van der Waals surface area contributed by atoms with E-state index in [1.54, 1.807) is 12.1 Å². The number of amides is 1. The summed E-state index contributed by atoms with van der Waals surface area (Å²) in [4.78, 5) is 23.6. The zero-order chi connectivity index (χ0) is 18.5. The standard InChI is InChI=1S/C19H23NO6/c1-2-23-14-5-3-4-6-15(14)26-17-10-25-16-9-12(24-11-18(20)21)7-8-13(16)19(17)22/h3-6,10,12-13,16H,2,7-9,11H2,1H3,(H2,20,21). The number of fused-ring (bicyclic) bond motifs is 1. The highest BCUT2D eigenvalue weighted by Gasteiger charge is 2.41. The van der Waals surface area contributed by atoms with Crippen LogP contribution in [0.4, 0.5) is 0 Å². The van der Waals surface area contributed by atoms with Crippen LogP contribution in [0.3, 0.4) is 0 Å². The van der Waals surface area contributed by atoms with E-state index in [0.717, 1.165) is 0 Å². The van der Waals surface area contributed by atoms with Gasteiger partial charge in [-0.15, -0.1) is 0 Å². The highest BCUT2D eigenvalue weighted by Crippen LogP contribution is 2.36. The van der Waals surface area contributed by atoms with Gasteiger partial charge in [0, 0.05) is 6.42 Å². The van der Waals surface area contributed by atoms with Crippen molar-refractivity contribution in [3.63, 3.8) is 0 Å². The van der Waals surface area contributed by atoms with Crippen LogP contribution in [0.25, 0.3) is 0 Å². The van der Waals surface area contributed by atoms with Crippen molar-refractivity contribution in [1.82, 2.24) is 0 Å². The number of carbonyl (C=O) groups is 2. The topological polar surface area (TPSA) is 97.1 Å². The first-order chi connectivity index (χ1) is 12.6. The fourth-order valence-corrected chi connectivity index (χ4v) is 3.29. The Morgan fingerprint density at radius 1 is 1.27 bits per heavy atom. The number of primary amides is 1. The van der Waals surface area contributed by atoms with Gasteiger partial charge in [0.15, 0.2) is 11.5 Å². The number of carbonyl (C=O) groups excluding carboxylic acids is 2. The second-order valence-electron chi connectivity index (χ2n) is 6.32. The maximum atomic E-state index is 12.8. The molecule has 1 fully saturated rings. The zero-order valence-electron chi connectivity index (χ0n) is 14.7. The van der Waals surface area contributed by atoms with Crippen LogP contribution in [0.15, 0.2) is 36.3 Å². The molecule has 3 rings (SSSR count). The molecule has 1 saturated carbocycles. The predicted molar refractivity (Wildman–Crippen MR) is 92.5 cm³/mol.